The lowest BCUT2D eigenvalue weighted by molar-refractivity contribution is -0.141. The van der Waals surface area contributed by atoms with Crippen LogP contribution in [0.3, 0.4) is 0 Å². The number of benzene rings is 1. The van der Waals surface area contributed by atoms with Crippen molar-refractivity contribution in [3.8, 4) is 11.3 Å². The number of likely N-dealkylation sites (tertiary alicyclic amines) is 2. The number of halogens is 6. The fourth-order valence-electron chi connectivity index (χ4n) is 5.77. The SMILES string of the molecule is Cn1c(-c2cn(C3CC3(F)F)nc2C(F)(F)F)cnc1C(=O)Nc1ccc(C(=O)N2C[C@H]3CN(C(N)=O)C[C@H]3C2)c(Cl)c1. The van der Waals surface area contributed by atoms with Crippen molar-refractivity contribution in [3.05, 3.63) is 52.7 Å². The summed E-state index contributed by atoms with van der Waals surface area (Å²) in [6.07, 6.45) is -3.65. The van der Waals surface area contributed by atoms with Gasteiger partial charge < -0.3 is 25.4 Å². The second kappa shape index (κ2) is 9.92. The highest BCUT2D eigenvalue weighted by molar-refractivity contribution is 6.34. The molecule has 228 valence electrons. The third-order valence-electron chi connectivity index (χ3n) is 8.12. The lowest BCUT2D eigenvalue weighted by atomic mass is 10.0. The van der Waals surface area contributed by atoms with Crippen molar-refractivity contribution in [1.82, 2.24) is 29.1 Å². The first-order valence-electron chi connectivity index (χ1n) is 13.1. The van der Waals surface area contributed by atoms with E-state index in [1.165, 1.54) is 25.2 Å². The molecule has 17 heteroatoms. The minimum Gasteiger partial charge on any atom is -0.351 e. The number of carbonyl (C=O) groups is 3. The minimum absolute atomic E-state index is 0.0678. The van der Waals surface area contributed by atoms with Crippen molar-refractivity contribution in [3.63, 3.8) is 0 Å². The summed E-state index contributed by atoms with van der Waals surface area (Å²) in [6, 6.07) is 2.30. The number of alkyl halides is 5. The van der Waals surface area contributed by atoms with E-state index in [1.54, 1.807) is 9.80 Å². The first-order chi connectivity index (χ1) is 20.1. The van der Waals surface area contributed by atoms with Crippen molar-refractivity contribution < 1.29 is 36.3 Å². The quantitative estimate of drug-likeness (QED) is 0.415. The molecular formula is C26H24ClF5N8O3. The molecule has 2 aliphatic heterocycles. The van der Waals surface area contributed by atoms with Gasteiger partial charge in [-0.3, -0.25) is 14.3 Å². The number of anilines is 1. The Morgan fingerprint density at radius 1 is 1.09 bits per heavy atom. The number of carbonyl (C=O) groups excluding carboxylic acids is 3. The molecule has 3 N–H and O–H groups in total. The van der Waals surface area contributed by atoms with Gasteiger partial charge >= 0.3 is 12.2 Å². The highest BCUT2D eigenvalue weighted by Gasteiger charge is 2.59. The second-order valence-electron chi connectivity index (χ2n) is 11.0. The summed E-state index contributed by atoms with van der Waals surface area (Å²) in [5.41, 5.74) is 3.75. The molecule has 1 aliphatic carbocycles. The molecule has 1 aromatic carbocycles. The molecule has 0 bridgehead atoms. The molecule has 11 nitrogen and oxygen atoms in total. The van der Waals surface area contributed by atoms with Crippen molar-refractivity contribution in [2.45, 2.75) is 24.6 Å². The van der Waals surface area contributed by atoms with Gasteiger partial charge in [-0.15, -0.1) is 0 Å². The smallest absolute Gasteiger partial charge is 0.351 e. The zero-order chi connectivity index (χ0) is 31.0. The van der Waals surface area contributed by atoms with Gasteiger partial charge in [0.15, 0.2) is 11.5 Å². The molecule has 6 rings (SSSR count). The molecular weight excluding hydrogens is 603 g/mol. The molecule has 3 aliphatic rings. The van der Waals surface area contributed by atoms with Crippen LogP contribution < -0.4 is 11.1 Å². The third-order valence-corrected chi connectivity index (χ3v) is 8.44. The fraction of sp³-hybridized carbons (Fsp3) is 0.423. The number of nitrogens with zero attached hydrogens (tertiary/aromatic N) is 6. The molecule has 1 unspecified atom stereocenters. The Morgan fingerprint density at radius 2 is 1.72 bits per heavy atom. The summed E-state index contributed by atoms with van der Waals surface area (Å²) in [6.45, 7) is 1.85. The summed E-state index contributed by atoms with van der Waals surface area (Å²) < 4.78 is 69.9. The Morgan fingerprint density at radius 3 is 2.28 bits per heavy atom. The Hall–Kier alpha value is -4.21. The number of rotatable bonds is 5. The molecule has 4 amide bonds. The van der Waals surface area contributed by atoms with Crippen molar-refractivity contribution in [2.75, 3.05) is 31.5 Å². The number of nitrogens with one attached hydrogen (secondary N) is 1. The van der Waals surface area contributed by atoms with Crippen LogP contribution >= 0.6 is 11.6 Å². The Balaban J connectivity index is 1.16. The lowest BCUT2D eigenvalue weighted by Crippen LogP contribution is -2.38. The summed E-state index contributed by atoms with van der Waals surface area (Å²) >= 11 is 6.39. The summed E-state index contributed by atoms with van der Waals surface area (Å²) in [4.78, 5) is 44.7. The van der Waals surface area contributed by atoms with E-state index in [2.05, 4.69) is 15.4 Å². The van der Waals surface area contributed by atoms with E-state index in [0.717, 1.165) is 17.0 Å². The largest absolute Gasteiger partial charge is 0.435 e. The topological polar surface area (TPSA) is 131 Å². The molecule has 3 atom stereocenters. The van der Waals surface area contributed by atoms with E-state index in [0.29, 0.717) is 30.9 Å². The summed E-state index contributed by atoms with van der Waals surface area (Å²) in [7, 11) is 1.31. The molecule has 3 aromatic rings. The lowest BCUT2D eigenvalue weighted by Gasteiger charge is -2.21. The maximum atomic E-state index is 13.7. The molecule has 2 aromatic heterocycles. The standard InChI is InChI=1S/C26H24ClF5N8O3/c1-37-18(16-11-40(19-5-25(19,28)29)36-20(16)26(30,31)32)6-34-21(37)22(41)35-14-2-3-15(17(27)4-14)23(42)38-7-12-9-39(24(33)43)10-13(12)8-38/h2-4,6,11-13,19H,5,7-10H2,1H3,(H2,33,43)(H,35,41)/t12-,13+,19?. The Kier molecular flexibility index (Phi) is 6.67. The molecule has 43 heavy (non-hydrogen) atoms. The van der Waals surface area contributed by atoms with Gasteiger partial charge in [-0.05, 0) is 18.2 Å². The van der Waals surface area contributed by atoms with Crippen LogP contribution in [0.25, 0.3) is 11.3 Å². The van der Waals surface area contributed by atoms with E-state index in [1.807, 2.05) is 0 Å². The predicted molar refractivity (Wildman–Crippen MR) is 141 cm³/mol. The van der Waals surface area contributed by atoms with Crippen LogP contribution in [0.4, 0.5) is 32.4 Å². The van der Waals surface area contributed by atoms with Crippen LogP contribution in [0.5, 0.6) is 0 Å². The van der Waals surface area contributed by atoms with Crippen LogP contribution in [0, 0.1) is 11.8 Å². The Labute approximate surface area is 245 Å². The van der Waals surface area contributed by atoms with E-state index < -0.39 is 47.8 Å². The normalized spacial score (nSPS) is 22.5. The number of hydrogen-bond donors (Lipinski definition) is 2. The maximum absolute atomic E-state index is 13.7. The highest BCUT2D eigenvalue weighted by Crippen LogP contribution is 2.53. The van der Waals surface area contributed by atoms with Crippen LogP contribution in [-0.2, 0) is 13.2 Å². The number of primary amides is 1. The molecule has 0 spiro atoms. The average molecular weight is 627 g/mol. The number of imidazole rings is 1. The van der Waals surface area contributed by atoms with E-state index in [9.17, 15) is 36.3 Å². The van der Waals surface area contributed by atoms with Gasteiger partial charge in [-0.1, -0.05) is 11.6 Å². The van der Waals surface area contributed by atoms with Gasteiger partial charge in [-0.2, -0.15) is 18.3 Å². The van der Waals surface area contributed by atoms with Crippen molar-refractivity contribution in [2.24, 2.45) is 24.6 Å². The highest BCUT2D eigenvalue weighted by atomic mass is 35.5. The minimum atomic E-state index is -4.94. The van der Waals surface area contributed by atoms with Crippen molar-refractivity contribution >= 4 is 35.1 Å². The van der Waals surface area contributed by atoms with Gasteiger partial charge in [0.25, 0.3) is 17.7 Å². The molecule has 0 radical (unpaired) electrons. The summed E-state index contributed by atoms with van der Waals surface area (Å²) in [5.74, 6) is -4.27. The van der Waals surface area contributed by atoms with Crippen LogP contribution in [-0.4, -0.2) is 79.1 Å². The average Bonchev–Trinajstić information content (AvgIpc) is 3.44. The van der Waals surface area contributed by atoms with Crippen molar-refractivity contribution in [1.29, 1.82) is 0 Å². The third kappa shape index (κ3) is 5.17. The molecule has 2 saturated heterocycles. The fourth-order valence-corrected chi connectivity index (χ4v) is 6.03. The van der Waals surface area contributed by atoms with Gasteiger partial charge in [0.1, 0.15) is 6.04 Å². The number of urea groups is 1. The number of nitrogens with two attached hydrogens (primary N) is 1. The zero-order valence-electron chi connectivity index (χ0n) is 22.4. The number of fused-ring (bicyclic) bond motifs is 1. The molecule has 1 saturated carbocycles. The van der Waals surface area contributed by atoms with Gasteiger partial charge in [0.2, 0.25) is 0 Å². The van der Waals surface area contributed by atoms with Crippen LogP contribution in [0.1, 0.15) is 39.1 Å². The summed E-state index contributed by atoms with van der Waals surface area (Å²) in [5, 5.41) is 5.99. The first-order valence-corrected chi connectivity index (χ1v) is 13.5. The number of aromatic nitrogens is 4. The molecule has 4 heterocycles. The van der Waals surface area contributed by atoms with Gasteiger partial charge in [-0.25, -0.2) is 18.6 Å². The monoisotopic (exact) mass is 626 g/mol. The van der Waals surface area contributed by atoms with E-state index in [4.69, 9.17) is 17.3 Å². The van der Waals surface area contributed by atoms with E-state index >= 15 is 0 Å². The zero-order valence-corrected chi connectivity index (χ0v) is 23.2. The van der Waals surface area contributed by atoms with Crippen LogP contribution in [0.2, 0.25) is 5.02 Å². The maximum Gasteiger partial charge on any atom is 0.435 e. The van der Waals surface area contributed by atoms with Gasteiger partial charge in [0.05, 0.1) is 28.0 Å². The second-order valence-corrected chi connectivity index (χ2v) is 11.4. The van der Waals surface area contributed by atoms with E-state index in [-0.39, 0.29) is 45.5 Å². The number of hydrogen-bond acceptors (Lipinski definition) is 5. The molecule has 3 fully saturated rings. The van der Waals surface area contributed by atoms with Crippen LogP contribution in [0.15, 0.2) is 30.6 Å². The first kappa shape index (κ1) is 28.9. The predicted octanol–water partition coefficient (Wildman–Crippen LogP) is 3.87. The Bertz CT molecular complexity index is 1640. The van der Waals surface area contributed by atoms with Gasteiger partial charge in [0, 0.05) is 63.4 Å². The number of amides is 4.